The Kier molecular flexibility index (Phi) is 2.43. The maximum atomic E-state index is 8.71. The zero-order valence-corrected chi connectivity index (χ0v) is 6.69. The van der Waals surface area contributed by atoms with Gasteiger partial charge in [0.25, 0.3) is 0 Å². The molecule has 1 aromatic rings. The van der Waals surface area contributed by atoms with Gasteiger partial charge in [-0.3, -0.25) is 0 Å². The Morgan fingerprint density at radius 2 is 2.40 bits per heavy atom. The highest BCUT2D eigenvalue weighted by molar-refractivity contribution is 7.08. The molecule has 0 fully saturated rings. The van der Waals surface area contributed by atoms with Crippen LogP contribution in [0.3, 0.4) is 0 Å². The van der Waals surface area contributed by atoms with Crippen molar-refractivity contribution >= 4 is 11.3 Å². The molecular weight excluding hydrogens is 146 g/mol. The lowest BCUT2D eigenvalue weighted by atomic mass is 10.1. The van der Waals surface area contributed by atoms with Gasteiger partial charge in [-0.2, -0.15) is 11.3 Å². The van der Waals surface area contributed by atoms with Crippen LogP contribution in [-0.4, -0.2) is 11.7 Å². The smallest absolute Gasteiger partial charge is 0.0624 e. The van der Waals surface area contributed by atoms with Gasteiger partial charge in [-0.05, 0) is 28.8 Å². The van der Waals surface area contributed by atoms with Crippen LogP contribution >= 0.6 is 11.3 Å². The van der Waals surface area contributed by atoms with Gasteiger partial charge in [0.1, 0.15) is 0 Å². The molecule has 1 rings (SSSR count). The van der Waals surface area contributed by atoms with Crippen LogP contribution in [0.5, 0.6) is 0 Å². The molecule has 3 heteroatoms. The first-order valence-electron chi connectivity index (χ1n) is 3.15. The highest BCUT2D eigenvalue weighted by atomic mass is 32.1. The number of hydrogen-bond donors (Lipinski definition) is 2. The summed E-state index contributed by atoms with van der Waals surface area (Å²) < 4.78 is 0. The molecule has 0 radical (unpaired) electrons. The van der Waals surface area contributed by atoms with Gasteiger partial charge < -0.3 is 10.8 Å². The quantitative estimate of drug-likeness (QED) is 0.674. The third kappa shape index (κ3) is 1.37. The lowest BCUT2D eigenvalue weighted by Crippen LogP contribution is -2.14. The van der Waals surface area contributed by atoms with Crippen LogP contribution in [-0.2, 0) is 0 Å². The van der Waals surface area contributed by atoms with Gasteiger partial charge in [0.2, 0.25) is 0 Å². The maximum Gasteiger partial charge on any atom is 0.0624 e. The van der Waals surface area contributed by atoms with E-state index in [0.717, 1.165) is 5.56 Å². The lowest BCUT2D eigenvalue weighted by molar-refractivity contribution is 0.268. The molecule has 1 aromatic heterocycles. The summed E-state index contributed by atoms with van der Waals surface area (Å²) in [5, 5.41) is 12.7. The Morgan fingerprint density at radius 1 is 1.70 bits per heavy atom. The molecule has 0 bridgehead atoms. The van der Waals surface area contributed by atoms with E-state index in [1.807, 2.05) is 17.7 Å². The summed E-state index contributed by atoms with van der Waals surface area (Å²) in [5.41, 5.74) is 7.83. The summed E-state index contributed by atoms with van der Waals surface area (Å²) in [6, 6.07) is -0.203. The van der Waals surface area contributed by atoms with E-state index in [2.05, 4.69) is 0 Å². The fourth-order valence-corrected chi connectivity index (χ4v) is 1.76. The van der Waals surface area contributed by atoms with E-state index in [0.29, 0.717) is 0 Å². The summed E-state index contributed by atoms with van der Waals surface area (Å²) in [7, 11) is 0. The van der Waals surface area contributed by atoms with Crippen molar-refractivity contribution in [2.24, 2.45) is 5.73 Å². The molecule has 0 amide bonds. The van der Waals surface area contributed by atoms with Crippen LogP contribution in [0.1, 0.15) is 17.2 Å². The lowest BCUT2D eigenvalue weighted by Gasteiger charge is -2.05. The van der Waals surface area contributed by atoms with Crippen LogP contribution in [0.25, 0.3) is 0 Å². The molecule has 56 valence electrons. The largest absolute Gasteiger partial charge is 0.394 e. The molecule has 3 N–H and O–H groups in total. The first-order chi connectivity index (χ1) is 4.75. The van der Waals surface area contributed by atoms with Crippen LogP contribution in [0.15, 0.2) is 10.8 Å². The molecule has 1 heterocycles. The van der Waals surface area contributed by atoms with Gasteiger partial charge in [0, 0.05) is 0 Å². The Morgan fingerprint density at radius 3 is 2.80 bits per heavy atom. The Balaban J connectivity index is 2.82. The van der Waals surface area contributed by atoms with Crippen LogP contribution < -0.4 is 5.73 Å². The van der Waals surface area contributed by atoms with Gasteiger partial charge >= 0.3 is 0 Å². The first-order valence-corrected chi connectivity index (χ1v) is 4.09. The highest BCUT2D eigenvalue weighted by Crippen LogP contribution is 2.19. The maximum absolute atomic E-state index is 8.71. The number of rotatable bonds is 2. The Hall–Kier alpha value is -0.380. The van der Waals surface area contributed by atoms with Crippen molar-refractivity contribution in [1.29, 1.82) is 0 Å². The molecule has 2 nitrogen and oxygen atoms in total. The summed E-state index contributed by atoms with van der Waals surface area (Å²) in [6.45, 7) is 2.03. The van der Waals surface area contributed by atoms with Crippen LogP contribution in [0.2, 0.25) is 0 Å². The molecule has 0 saturated carbocycles. The SMILES string of the molecule is Cc1cscc1C(N)CO. The minimum atomic E-state index is -0.203. The number of aryl methyl sites for hydroxylation is 1. The molecule has 0 aliphatic carbocycles. The Bertz CT molecular complexity index is 209. The van der Waals surface area contributed by atoms with Crippen LogP contribution in [0.4, 0.5) is 0 Å². The number of nitrogens with two attached hydrogens (primary N) is 1. The summed E-state index contributed by atoms with van der Waals surface area (Å²) in [4.78, 5) is 0. The fourth-order valence-electron chi connectivity index (χ4n) is 0.849. The number of hydrogen-bond acceptors (Lipinski definition) is 3. The van der Waals surface area contributed by atoms with Crippen molar-refractivity contribution in [1.82, 2.24) is 0 Å². The van der Waals surface area contributed by atoms with Gasteiger partial charge in [0.15, 0.2) is 0 Å². The fraction of sp³-hybridized carbons (Fsp3) is 0.429. The minimum Gasteiger partial charge on any atom is -0.394 e. The zero-order chi connectivity index (χ0) is 7.56. The molecule has 0 aliphatic rings. The van der Waals surface area contributed by atoms with E-state index < -0.39 is 0 Å². The van der Waals surface area contributed by atoms with Crippen LogP contribution in [0, 0.1) is 6.92 Å². The second kappa shape index (κ2) is 3.14. The summed E-state index contributed by atoms with van der Waals surface area (Å²) in [5.74, 6) is 0. The standard InChI is InChI=1S/C7H11NOS/c1-5-3-10-4-6(5)7(8)2-9/h3-4,7,9H,2,8H2,1H3. The highest BCUT2D eigenvalue weighted by Gasteiger charge is 2.06. The van der Waals surface area contributed by atoms with Crippen molar-refractivity contribution in [2.75, 3.05) is 6.61 Å². The van der Waals surface area contributed by atoms with Crippen molar-refractivity contribution in [3.8, 4) is 0 Å². The third-order valence-electron chi connectivity index (χ3n) is 1.49. The van der Waals surface area contributed by atoms with Crippen molar-refractivity contribution in [3.05, 3.63) is 21.9 Å². The second-order valence-corrected chi connectivity index (χ2v) is 3.04. The van der Waals surface area contributed by atoms with Gasteiger partial charge in [-0.25, -0.2) is 0 Å². The van der Waals surface area contributed by atoms with Crippen molar-refractivity contribution in [2.45, 2.75) is 13.0 Å². The minimum absolute atomic E-state index is 0.0254. The molecule has 1 unspecified atom stereocenters. The number of aliphatic hydroxyl groups excluding tert-OH is 1. The normalized spacial score (nSPS) is 13.5. The predicted octanol–water partition coefficient (Wildman–Crippen LogP) is 1.05. The van der Waals surface area contributed by atoms with Crippen molar-refractivity contribution in [3.63, 3.8) is 0 Å². The van der Waals surface area contributed by atoms with Gasteiger partial charge in [0.05, 0.1) is 12.6 Å². The number of aliphatic hydroxyl groups is 1. The van der Waals surface area contributed by atoms with Crippen molar-refractivity contribution < 1.29 is 5.11 Å². The number of thiophene rings is 1. The predicted molar refractivity (Wildman–Crippen MR) is 43.1 cm³/mol. The molecule has 1 atom stereocenters. The second-order valence-electron chi connectivity index (χ2n) is 2.30. The molecule has 10 heavy (non-hydrogen) atoms. The average molecular weight is 157 g/mol. The molecule has 0 aromatic carbocycles. The molecular formula is C7H11NOS. The molecule has 0 saturated heterocycles. The zero-order valence-electron chi connectivity index (χ0n) is 5.87. The average Bonchev–Trinajstić information content (AvgIpc) is 2.34. The summed E-state index contributed by atoms with van der Waals surface area (Å²) >= 11 is 1.62. The van der Waals surface area contributed by atoms with E-state index in [9.17, 15) is 0 Å². The summed E-state index contributed by atoms with van der Waals surface area (Å²) in [6.07, 6.45) is 0. The first kappa shape index (κ1) is 7.72. The Labute approximate surface area is 64.3 Å². The van der Waals surface area contributed by atoms with Gasteiger partial charge in [-0.1, -0.05) is 0 Å². The molecule has 0 spiro atoms. The monoisotopic (exact) mass is 157 g/mol. The van der Waals surface area contributed by atoms with Gasteiger partial charge in [-0.15, -0.1) is 0 Å². The molecule has 0 aliphatic heterocycles. The van der Waals surface area contributed by atoms with E-state index in [1.165, 1.54) is 5.56 Å². The van der Waals surface area contributed by atoms with E-state index in [-0.39, 0.29) is 12.6 Å². The third-order valence-corrected chi connectivity index (χ3v) is 2.37. The topological polar surface area (TPSA) is 46.2 Å². The van der Waals surface area contributed by atoms with E-state index in [4.69, 9.17) is 10.8 Å². The van der Waals surface area contributed by atoms with E-state index >= 15 is 0 Å². The van der Waals surface area contributed by atoms with E-state index in [1.54, 1.807) is 11.3 Å².